The summed E-state index contributed by atoms with van der Waals surface area (Å²) in [5.74, 6) is -0.622. The van der Waals surface area contributed by atoms with Crippen LogP contribution in [0.4, 0.5) is 15.8 Å². The second-order valence-electron chi connectivity index (χ2n) is 8.06. The number of nitrogens with two attached hydrogens (primary N) is 2. The van der Waals surface area contributed by atoms with E-state index in [2.05, 4.69) is 0 Å². The maximum atomic E-state index is 13.0. The van der Waals surface area contributed by atoms with E-state index in [4.69, 9.17) is 30.4 Å². The highest BCUT2D eigenvalue weighted by Crippen LogP contribution is 2.17. The van der Waals surface area contributed by atoms with Crippen LogP contribution in [0.15, 0.2) is 72.8 Å². The first-order valence-electron chi connectivity index (χ1n) is 11.5. The number of rotatable bonds is 12. The monoisotopic (exact) mass is 508 g/mol. The van der Waals surface area contributed by atoms with Crippen molar-refractivity contribution in [3.05, 3.63) is 95.3 Å². The Morgan fingerprint density at radius 2 is 1.43 bits per heavy atom. The number of hydrogen-bond donors (Lipinski definition) is 2. The van der Waals surface area contributed by atoms with E-state index in [1.165, 1.54) is 42.5 Å². The fourth-order valence-corrected chi connectivity index (χ4v) is 3.24. The van der Waals surface area contributed by atoms with Gasteiger partial charge in [-0.3, -0.25) is 4.79 Å². The molecule has 2 unspecified atom stereocenters. The van der Waals surface area contributed by atoms with Crippen molar-refractivity contribution in [3.8, 4) is 5.75 Å². The number of halogens is 1. The smallest absolute Gasteiger partial charge is 0.340 e. The van der Waals surface area contributed by atoms with Crippen LogP contribution in [0.25, 0.3) is 6.08 Å². The van der Waals surface area contributed by atoms with Crippen molar-refractivity contribution in [2.45, 2.75) is 26.4 Å². The van der Waals surface area contributed by atoms with Gasteiger partial charge in [0, 0.05) is 16.9 Å². The molecule has 0 saturated carbocycles. The molecule has 8 nitrogen and oxygen atoms in total. The first-order valence-corrected chi connectivity index (χ1v) is 11.5. The Morgan fingerprint density at radius 3 is 2.05 bits per heavy atom. The summed E-state index contributed by atoms with van der Waals surface area (Å²) in [7, 11) is 0. The average molecular weight is 509 g/mol. The lowest BCUT2D eigenvalue weighted by molar-refractivity contribution is -0.132. The predicted octanol–water partition coefficient (Wildman–Crippen LogP) is 4.85. The van der Waals surface area contributed by atoms with Gasteiger partial charge in [-0.1, -0.05) is 18.2 Å². The van der Waals surface area contributed by atoms with E-state index in [-0.39, 0.29) is 24.6 Å². The Morgan fingerprint density at radius 1 is 0.838 bits per heavy atom. The highest BCUT2D eigenvalue weighted by atomic mass is 19.1. The maximum absolute atomic E-state index is 13.0. The second-order valence-corrected chi connectivity index (χ2v) is 8.06. The highest BCUT2D eigenvalue weighted by Gasteiger charge is 2.14. The molecule has 0 radical (unpaired) electrons. The van der Waals surface area contributed by atoms with Gasteiger partial charge in [0.15, 0.2) is 12.1 Å². The number of anilines is 2. The van der Waals surface area contributed by atoms with E-state index in [1.807, 2.05) is 0 Å². The third-order valence-electron chi connectivity index (χ3n) is 5.01. The molecule has 0 aliphatic heterocycles. The fourth-order valence-electron chi connectivity index (χ4n) is 3.24. The normalized spacial score (nSPS) is 12.7. The fraction of sp³-hybridized carbons (Fsp3) is 0.214. The number of ketones is 1. The Balaban J connectivity index is 1.36. The van der Waals surface area contributed by atoms with E-state index in [1.54, 1.807) is 50.3 Å². The summed E-state index contributed by atoms with van der Waals surface area (Å²) >= 11 is 0. The highest BCUT2D eigenvalue weighted by molar-refractivity contribution is 6.06. The molecule has 0 aliphatic rings. The Kier molecular flexibility index (Phi) is 9.76. The lowest BCUT2D eigenvalue weighted by Crippen LogP contribution is -2.23. The number of carbonyl (C=O) groups is 2. The van der Waals surface area contributed by atoms with Crippen molar-refractivity contribution in [3.63, 3.8) is 0 Å². The second kappa shape index (κ2) is 13.2. The molecular formula is C28H29FN2O6. The Hall–Kier alpha value is -4.21. The van der Waals surface area contributed by atoms with Crippen molar-refractivity contribution < 1.29 is 32.9 Å². The third-order valence-corrected chi connectivity index (χ3v) is 5.01. The summed E-state index contributed by atoms with van der Waals surface area (Å²) in [6.07, 6.45) is 1.74. The molecule has 0 fully saturated rings. The molecule has 2 atom stereocenters. The van der Waals surface area contributed by atoms with Gasteiger partial charge in [0.1, 0.15) is 11.6 Å². The number of esters is 1. The molecule has 4 N–H and O–H groups in total. The summed E-state index contributed by atoms with van der Waals surface area (Å²) in [5.41, 5.74) is 13.6. The van der Waals surface area contributed by atoms with E-state index < -0.39 is 24.4 Å². The van der Waals surface area contributed by atoms with Crippen molar-refractivity contribution >= 4 is 29.2 Å². The molecule has 0 aromatic heterocycles. The van der Waals surface area contributed by atoms with Crippen LogP contribution in [0.5, 0.6) is 5.75 Å². The summed E-state index contributed by atoms with van der Waals surface area (Å²) in [5, 5.41) is 0. The predicted molar refractivity (Wildman–Crippen MR) is 138 cm³/mol. The number of nitrogen functional groups attached to an aromatic ring is 2. The van der Waals surface area contributed by atoms with E-state index in [0.29, 0.717) is 22.7 Å². The molecule has 0 aliphatic carbocycles. The van der Waals surface area contributed by atoms with E-state index in [0.717, 1.165) is 5.56 Å². The molecule has 0 heterocycles. The molecule has 0 saturated heterocycles. The number of carbonyl (C=O) groups excluding carboxylic acids is 2. The van der Waals surface area contributed by atoms with Gasteiger partial charge >= 0.3 is 5.97 Å². The van der Waals surface area contributed by atoms with Crippen LogP contribution < -0.4 is 16.2 Å². The number of hydrogen-bond acceptors (Lipinski definition) is 8. The van der Waals surface area contributed by atoms with E-state index in [9.17, 15) is 14.0 Å². The van der Waals surface area contributed by atoms with E-state index >= 15 is 0 Å². The summed E-state index contributed by atoms with van der Waals surface area (Å²) < 4.78 is 35.0. The summed E-state index contributed by atoms with van der Waals surface area (Å²) in [6.45, 7) is 3.72. The van der Waals surface area contributed by atoms with Crippen molar-refractivity contribution in [1.29, 1.82) is 0 Å². The maximum Gasteiger partial charge on any atom is 0.340 e. The zero-order valence-electron chi connectivity index (χ0n) is 20.6. The van der Waals surface area contributed by atoms with Crippen molar-refractivity contribution in [1.82, 2.24) is 0 Å². The molecule has 0 spiro atoms. The van der Waals surface area contributed by atoms with Crippen LogP contribution in [0, 0.1) is 5.82 Å². The van der Waals surface area contributed by atoms with Crippen molar-refractivity contribution in [2.75, 3.05) is 24.7 Å². The Bertz CT molecular complexity index is 1210. The standard InChI is InChI=1S/C28H29FN2O6/c1-18(34-13-14-35-19(2)37-28(33)22-15-24(30)17-25(31)16-22)36-26-10-3-20(4-11-26)5-12-27(32)21-6-8-23(29)9-7-21/h3-12,15-19H,13-14,30-31H2,1-2H3/b12-5+. The van der Waals surface area contributed by atoms with Crippen LogP contribution in [-0.2, 0) is 14.2 Å². The van der Waals surface area contributed by atoms with Gasteiger partial charge in [0.05, 0.1) is 18.8 Å². The molecule has 0 bridgehead atoms. The molecular weight excluding hydrogens is 479 g/mol. The van der Waals surface area contributed by atoms with Gasteiger partial charge in [0.2, 0.25) is 6.29 Å². The molecule has 3 rings (SSSR count). The van der Waals surface area contributed by atoms with Gasteiger partial charge in [-0.25, -0.2) is 9.18 Å². The Labute approximate surface area is 214 Å². The summed E-state index contributed by atoms with van der Waals surface area (Å²) in [4.78, 5) is 24.3. The molecule has 3 aromatic carbocycles. The lowest BCUT2D eigenvalue weighted by Gasteiger charge is -2.17. The first kappa shape index (κ1) is 27.4. The van der Waals surface area contributed by atoms with Crippen LogP contribution in [0.3, 0.4) is 0 Å². The lowest BCUT2D eigenvalue weighted by atomic mass is 10.1. The minimum atomic E-state index is -0.800. The quantitative estimate of drug-likeness (QED) is 0.0889. The van der Waals surface area contributed by atoms with Gasteiger partial charge in [0.25, 0.3) is 0 Å². The minimum Gasteiger partial charge on any atom is -0.465 e. The number of allylic oxidation sites excluding steroid dienone is 1. The van der Waals surface area contributed by atoms with Crippen molar-refractivity contribution in [2.24, 2.45) is 0 Å². The number of benzene rings is 3. The van der Waals surface area contributed by atoms with Crippen LogP contribution in [0.2, 0.25) is 0 Å². The molecule has 37 heavy (non-hydrogen) atoms. The molecule has 3 aromatic rings. The number of ether oxygens (including phenoxy) is 4. The van der Waals surface area contributed by atoms with Gasteiger partial charge in [-0.05, 0) is 80.1 Å². The SMILES string of the molecule is CC(OCCOC(C)Oc1ccc(/C=C/C(=O)c2ccc(F)cc2)cc1)OC(=O)c1cc(N)cc(N)c1. The molecule has 0 amide bonds. The zero-order chi connectivity index (χ0) is 26.8. The van der Waals surface area contributed by atoms with Crippen LogP contribution in [-0.4, -0.2) is 37.5 Å². The topological polar surface area (TPSA) is 123 Å². The van der Waals surface area contributed by atoms with Crippen LogP contribution in [0.1, 0.15) is 40.1 Å². The van der Waals surface area contributed by atoms with Gasteiger partial charge in [-0.15, -0.1) is 0 Å². The summed E-state index contributed by atoms with van der Waals surface area (Å²) in [6, 6.07) is 17.0. The van der Waals surface area contributed by atoms with Gasteiger partial charge in [-0.2, -0.15) is 0 Å². The molecule has 194 valence electrons. The third kappa shape index (κ3) is 9.06. The van der Waals surface area contributed by atoms with Crippen LogP contribution >= 0.6 is 0 Å². The average Bonchev–Trinajstić information content (AvgIpc) is 2.86. The zero-order valence-corrected chi connectivity index (χ0v) is 20.6. The first-order chi connectivity index (χ1) is 17.7. The minimum absolute atomic E-state index is 0.174. The molecule has 9 heteroatoms. The largest absolute Gasteiger partial charge is 0.465 e. The van der Waals surface area contributed by atoms with Gasteiger partial charge < -0.3 is 30.4 Å².